The maximum Gasteiger partial charge on any atom is 0.213 e. The summed E-state index contributed by atoms with van der Waals surface area (Å²) in [7, 11) is 0. The lowest BCUT2D eigenvalue weighted by Gasteiger charge is -2.04. The summed E-state index contributed by atoms with van der Waals surface area (Å²) in [6.45, 7) is 0. The molecule has 1 aromatic heterocycles. The zero-order valence-electron chi connectivity index (χ0n) is 6.79. The molecule has 0 saturated carbocycles. The standard InChI is InChI=1S/C9H8N2O2/c12-8(9-10-6-13-11-9)7-4-2-1-3-5-7/h1-6,8,12H. The predicted molar refractivity (Wildman–Crippen MR) is 44.8 cm³/mol. The maximum atomic E-state index is 9.70. The molecule has 1 atom stereocenters. The molecule has 0 radical (unpaired) electrons. The molecule has 0 aliphatic rings. The van der Waals surface area contributed by atoms with Gasteiger partial charge in [0.1, 0.15) is 6.10 Å². The summed E-state index contributed by atoms with van der Waals surface area (Å²) >= 11 is 0. The summed E-state index contributed by atoms with van der Waals surface area (Å²) in [6.07, 6.45) is 0.390. The van der Waals surface area contributed by atoms with E-state index in [1.165, 1.54) is 6.39 Å². The van der Waals surface area contributed by atoms with E-state index in [1.54, 1.807) is 12.1 Å². The number of benzene rings is 1. The van der Waals surface area contributed by atoms with Crippen LogP contribution in [0.15, 0.2) is 41.2 Å². The third-order valence-corrected chi connectivity index (χ3v) is 1.74. The minimum Gasteiger partial charge on any atom is -0.380 e. The van der Waals surface area contributed by atoms with Crippen molar-refractivity contribution in [2.45, 2.75) is 6.10 Å². The molecule has 66 valence electrons. The minimum absolute atomic E-state index is 0.284. The lowest BCUT2D eigenvalue weighted by Crippen LogP contribution is -2.00. The van der Waals surface area contributed by atoms with E-state index >= 15 is 0 Å². The van der Waals surface area contributed by atoms with Gasteiger partial charge in [0.2, 0.25) is 12.2 Å². The van der Waals surface area contributed by atoms with Gasteiger partial charge >= 0.3 is 0 Å². The molecule has 13 heavy (non-hydrogen) atoms. The van der Waals surface area contributed by atoms with Gasteiger partial charge in [-0.3, -0.25) is 0 Å². The van der Waals surface area contributed by atoms with Crippen LogP contribution in [0.25, 0.3) is 0 Å². The van der Waals surface area contributed by atoms with Crippen LogP contribution in [0.1, 0.15) is 17.5 Å². The summed E-state index contributed by atoms with van der Waals surface area (Å²) in [5, 5.41) is 13.3. The largest absolute Gasteiger partial charge is 0.380 e. The van der Waals surface area contributed by atoms with Gasteiger partial charge < -0.3 is 9.63 Å². The first-order valence-electron chi connectivity index (χ1n) is 3.87. The van der Waals surface area contributed by atoms with Crippen molar-refractivity contribution in [2.75, 3.05) is 0 Å². The highest BCUT2D eigenvalue weighted by molar-refractivity contribution is 5.21. The van der Waals surface area contributed by atoms with Crippen molar-refractivity contribution in [1.29, 1.82) is 0 Å². The summed E-state index contributed by atoms with van der Waals surface area (Å²) < 4.78 is 4.54. The second-order valence-electron chi connectivity index (χ2n) is 2.60. The molecular weight excluding hydrogens is 168 g/mol. The van der Waals surface area contributed by atoms with E-state index in [2.05, 4.69) is 14.7 Å². The Bertz CT molecular complexity index is 358. The van der Waals surface area contributed by atoms with E-state index in [-0.39, 0.29) is 5.82 Å². The molecule has 1 N–H and O–H groups in total. The van der Waals surface area contributed by atoms with E-state index in [0.29, 0.717) is 0 Å². The molecule has 1 unspecified atom stereocenters. The average Bonchev–Trinajstić information content (AvgIpc) is 2.71. The minimum atomic E-state index is -0.806. The third kappa shape index (κ3) is 1.57. The molecule has 4 nitrogen and oxygen atoms in total. The maximum absolute atomic E-state index is 9.70. The number of hydrogen-bond acceptors (Lipinski definition) is 4. The quantitative estimate of drug-likeness (QED) is 0.745. The van der Waals surface area contributed by atoms with Crippen LogP contribution in [0, 0.1) is 0 Å². The van der Waals surface area contributed by atoms with E-state index in [0.717, 1.165) is 5.56 Å². The number of rotatable bonds is 2. The fourth-order valence-electron chi connectivity index (χ4n) is 1.08. The SMILES string of the molecule is OC(c1ccccc1)c1ncon1. The molecule has 2 rings (SSSR count). The fourth-order valence-corrected chi connectivity index (χ4v) is 1.08. The zero-order chi connectivity index (χ0) is 9.10. The number of nitrogens with zero attached hydrogens (tertiary/aromatic N) is 2. The Labute approximate surface area is 74.8 Å². The van der Waals surface area contributed by atoms with Gasteiger partial charge in [0.25, 0.3) is 0 Å². The Kier molecular flexibility index (Phi) is 2.06. The smallest absolute Gasteiger partial charge is 0.213 e. The number of aliphatic hydroxyl groups excluding tert-OH is 1. The van der Waals surface area contributed by atoms with Crippen LogP contribution in [0.2, 0.25) is 0 Å². The summed E-state index contributed by atoms with van der Waals surface area (Å²) in [5.74, 6) is 0.284. The third-order valence-electron chi connectivity index (χ3n) is 1.74. The molecule has 0 spiro atoms. The fraction of sp³-hybridized carbons (Fsp3) is 0.111. The zero-order valence-corrected chi connectivity index (χ0v) is 6.79. The van der Waals surface area contributed by atoms with Gasteiger partial charge in [0.15, 0.2) is 0 Å². The Morgan fingerprint density at radius 3 is 2.62 bits per heavy atom. The predicted octanol–water partition coefficient (Wildman–Crippen LogP) is 1.15. The number of hydrogen-bond donors (Lipinski definition) is 1. The average molecular weight is 176 g/mol. The van der Waals surface area contributed by atoms with Crippen LogP contribution in [0.4, 0.5) is 0 Å². The van der Waals surface area contributed by atoms with E-state index < -0.39 is 6.10 Å². The first-order chi connectivity index (χ1) is 6.38. The normalized spacial score (nSPS) is 12.7. The Balaban J connectivity index is 2.29. The number of aromatic nitrogens is 2. The molecule has 1 heterocycles. The molecule has 0 aliphatic carbocycles. The van der Waals surface area contributed by atoms with Crippen LogP contribution < -0.4 is 0 Å². The van der Waals surface area contributed by atoms with E-state index in [1.807, 2.05) is 18.2 Å². The molecule has 2 aromatic rings. The van der Waals surface area contributed by atoms with Crippen molar-refractivity contribution >= 4 is 0 Å². The van der Waals surface area contributed by atoms with Crippen molar-refractivity contribution in [1.82, 2.24) is 10.1 Å². The first-order valence-corrected chi connectivity index (χ1v) is 3.87. The topological polar surface area (TPSA) is 59.2 Å². The summed E-state index contributed by atoms with van der Waals surface area (Å²) in [6, 6.07) is 9.19. The van der Waals surface area contributed by atoms with Crippen molar-refractivity contribution in [3.05, 3.63) is 48.1 Å². The van der Waals surface area contributed by atoms with Gasteiger partial charge in [-0.2, -0.15) is 4.98 Å². The summed E-state index contributed by atoms with van der Waals surface area (Å²) in [4.78, 5) is 3.76. The molecule has 0 fully saturated rings. The summed E-state index contributed by atoms with van der Waals surface area (Å²) in [5.41, 5.74) is 0.754. The van der Waals surface area contributed by atoms with Gasteiger partial charge in [0, 0.05) is 0 Å². The molecular formula is C9H8N2O2. The Morgan fingerprint density at radius 1 is 1.23 bits per heavy atom. The molecule has 1 aromatic carbocycles. The van der Waals surface area contributed by atoms with Gasteiger partial charge in [-0.1, -0.05) is 35.5 Å². The molecule has 0 bridgehead atoms. The second kappa shape index (κ2) is 3.37. The van der Waals surface area contributed by atoms with Crippen LogP contribution in [-0.4, -0.2) is 15.2 Å². The van der Waals surface area contributed by atoms with Crippen LogP contribution >= 0.6 is 0 Å². The van der Waals surface area contributed by atoms with Gasteiger partial charge in [-0.15, -0.1) is 0 Å². The number of aliphatic hydroxyl groups is 1. The monoisotopic (exact) mass is 176 g/mol. The van der Waals surface area contributed by atoms with Crippen molar-refractivity contribution in [3.63, 3.8) is 0 Å². The lowest BCUT2D eigenvalue weighted by atomic mass is 10.1. The highest BCUT2D eigenvalue weighted by Gasteiger charge is 2.13. The van der Waals surface area contributed by atoms with Crippen molar-refractivity contribution in [2.24, 2.45) is 0 Å². The van der Waals surface area contributed by atoms with Crippen molar-refractivity contribution < 1.29 is 9.63 Å². The van der Waals surface area contributed by atoms with E-state index in [9.17, 15) is 5.11 Å². The van der Waals surface area contributed by atoms with Crippen LogP contribution in [0.3, 0.4) is 0 Å². The Hall–Kier alpha value is -1.68. The molecule has 0 aliphatic heterocycles. The van der Waals surface area contributed by atoms with E-state index in [4.69, 9.17) is 0 Å². The second-order valence-corrected chi connectivity index (χ2v) is 2.60. The lowest BCUT2D eigenvalue weighted by molar-refractivity contribution is 0.204. The highest BCUT2D eigenvalue weighted by Crippen LogP contribution is 2.17. The highest BCUT2D eigenvalue weighted by atomic mass is 16.5. The van der Waals surface area contributed by atoms with Gasteiger partial charge in [-0.05, 0) is 5.56 Å². The Morgan fingerprint density at radius 2 is 2.00 bits per heavy atom. The van der Waals surface area contributed by atoms with Gasteiger partial charge in [0.05, 0.1) is 0 Å². The van der Waals surface area contributed by atoms with Crippen LogP contribution in [-0.2, 0) is 0 Å². The van der Waals surface area contributed by atoms with Crippen molar-refractivity contribution in [3.8, 4) is 0 Å². The van der Waals surface area contributed by atoms with Crippen LogP contribution in [0.5, 0.6) is 0 Å². The first kappa shape index (κ1) is 7.94. The molecule has 0 amide bonds. The molecule has 0 saturated heterocycles. The van der Waals surface area contributed by atoms with Gasteiger partial charge in [-0.25, -0.2) is 0 Å². The molecule has 4 heteroatoms.